The largest absolute Gasteiger partial charge is 0.370 e. The van der Waals surface area contributed by atoms with E-state index in [0.29, 0.717) is 0 Å². The molecule has 0 fully saturated rings. The van der Waals surface area contributed by atoms with Crippen LogP contribution in [0.25, 0.3) is 21.8 Å². The molecule has 0 aliphatic carbocycles. The van der Waals surface area contributed by atoms with Crippen LogP contribution >= 0.6 is 0 Å². The molecular weight excluding hydrogens is 282 g/mol. The van der Waals surface area contributed by atoms with Crippen molar-refractivity contribution >= 4 is 27.6 Å². The molecular formula is C20H19N3. The number of hydrogen-bond acceptors (Lipinski definition) is 2. The van der Waals surface area contributed by atoms with Crippen molar-refractivity contribution in [3.63, 3.8) is 0 Å². The number of rotatable bonds is 5. The Hall–Kier alpha value is -2.81. The van der Waals surface area contributed by atoms with Gasteiger partial charge in [-0.3, -0.25) is 0 Å². The quantitative estimate of drug-likeness (QED) is 0.522. The average molecular weight is 301 g/mol. The summed E-state index contributed by atoms with van der Waals surface area (Å²) in [7, 11) is 0. The summed E-state index contributed by atoms with van der Waals surface area (Å²) in [6.45, 7) is 0.926. The number of aromatic amines is 1. The Morgan fingerprint density at radius 1 is 0.870 bits per heavy atom. The lowest BCUT2D eigenvalue weighted by molar-refractivity contribution is 0.859. The van der Waals surface area contributed by atoms with Gasteiger partial charge < -0.3 is 10.3 Å². The van der Waals surface area contributed by atoms with Crippen molar-refractivity contribution in [1.29, 1.82) is 0 Å². The molecule has 0 saturated heterocycles. The number of para-hydroxylation sites is 1. The Morgan fingerprint density at radius 3 is 2.61 bits per heavy atom. The van der Waals surface area contributed by atoms with Crippen LogP contribution in [0.4, 0.5) is 5.82 Å². The summed E-state index contributed by atoms with van der Waals surface area (Å²) in [5.41, 5.74) is 3.63. The summed E-state index contributed by atoms with van der Waals surface area (Å²) in [6.07, 6.45) is 4.09. The maximum atomic E-state index is 4.50. The Balaban J connectivity index is 1.45. The van der Waals surface area contributed by atoms with Gasteiger partial charge in [-0.1, -0.05) is 48.5 Å². The number of H-pyrrole nitrogens is 1. The first-order valence-electron chi connectivity index (χ1n) is 8.04. The summed E-state index contributed by atoms with van der Waals surface area (Å²) >= 11 is 0. The summed E-state index contributed by atoms with van der Waals surface area (Å²) < 4.78 is 0. The van der Waals surface area contributed by atoms with Gasteiger partial charge in [0.05, 0.1) is 11.7 Å². The van der Waals surface area contributed by atoms with E-state index in [0.717, 1.165) is 36.2 Å². The number of fused-ring (bicyclic) bond motifs is 3. The number of aryl methyl sites for hydroxylation is 1. The number of anilines is 1. The van der Waals surface area contributed by atoms with Crippen molar-refractivity contribution in [2.75, 3.05) is 11.9 Å². The van der Waals surface area contributed by atoms with Crippen LogP contribution in [0.5, 0.6) is 0 Å². The molecule has 23 heavy (non-hydrogen) atoms. The van der Waals surface area contributed by atoms with Crippen molar-refractivity contribution in [2.24, 2.45) is 0 Å². The molecule has 114 valence electrons. The van der Waals surface area contributed by atoms with E-state index in [9.17, 15) is 0 Å². The van der Waals surface area contributed by atoms with E-state index >= 15 is 0 Å². The van der Waals surface area contributed by atoms with Crippen LogP contribution in [0.2, 0.25) is 0 Å². The molecule has 3 heteroatoms. The molecule has 2 aromatic carbocycles. The number of nitrogens with zero attached hydrogens (tertiary/aromatic N) is 1. The zero-order chi connectivity index (χ0) is 15.5. The van der Waals surface area contributed by atoms with Gasteiger partial charge in [0.2, 0.25) is 0 Å². The molecule has 2 aromatic heterocycles. The zero-order valence-corrected chi connectivity index (χ0v) is 12.9. The molecule has 0 aliphatic heterocycles. The second-order valence-corrected chi connectivity index (χ2v) is 5.80. The highest BCUT2D eigenvalue weighted by Gasteiger charge is 2.05. The molecule has 0 aliphatic rings. The van der Waals surface area contributed by atoms with E-state index in [1.807, 2.05) is 12.3 Å². The average Bonchev–Trinajstić information content (AvgIpc) is 2.98. The fourth-order valence-electron chi connectivity index (χ4n) is 3.00. The maximum absolute atomic E-state index is 4.50. The Bertz CT molecular complexity index is 925. The molecule has 4 rings (SSSR count). The van der Waals surface area contributed by atoms with E-state index in [1.54, 1.807) is 0 Å². The van der Waals surface area contributed by atoms with Crippen molar-refractivity contribution < 1.29 is 0 Å². The van der Waals surface area contributed by atoms with Crippen molar-refractivity contribution in [3.8, 4) is 0 Å². The normalized spacial score (nSPS) is 11.1. The van der Waals surface area contributed by atoms with Crippen LogP contribution in [-0.2, 0) is 6.42 Å². The fraction of sp³-hybridized carbons (Fsp3) is 0.150. The lowest BCUT2D eigenvalue weighted by Crippen LogP contribution is -2.04. The van der Waals surface area contributed by atoms with Crippen molar-refractivity contribution in [3.05, 3.63) is 72.4 Å². The van der Waals surface area contributed by atoms with E-state index < -0.39 is 0 Å². The van der Waals surface area contributed by atoms with Gasteiger partial charge in [-0.2, -0.15) is 0 Å². The van der Waals surface area contributed by atoms with Gasteiger partial charge in [0.15, 0.2) is 0 Å². The summed E-state index contributed by atoms with van der Waals surface area (Å²) in [5.74, 6) is 0.940. The highest BCUT2D eigenvalue weighted by atomic mass is 15.0. The van der Waals surface area contributed by atoms with Gasteiger partial charge >= 0.3 is 0 Å². The highest BCUT2D eigenvalue weighted by Crippen LogP contribution is 2.26. The third kappa shape index (κ3) is 2.90. The summed E-state index contributed by atoms with van der Waals surface area (Å²) in [5, 5.41) is 5.91. The number of aromatic nitrogens is 2. The minimum absolute atomic E-state index is 0.926. The van der Waals surface area contributed by atoms with Crippen molar-refractivity contribution in [1.82, 2.24) is 9.97 Å². The van der Waals surface area contributed by atoms with E-state index in [4.69, 9.17) is 0 Å². The molecule has 0 amide bonds. The lowest BCUT2D eigenvalue weighted by Gasteiger charge is -2.06. The van der Waals surface area contributed by atoms with Crippen LogP contribution in [0, 0.1) is 0 Å². The molecule has 2 heterocycles. The Labute approximate surface area is 135 Å². The van der Waals surface area contributed by atoms with Gasteiger partial charge in [-0.25, -0.2) is 4.98 Å². The molecule has 3 nitrogen and oxygen atoms in total. The minimum Gasteiger partial charge on any atom is -0.370 e. The Kier molecular flexibility index (Phi) is 3.68. The van der Waals surface area contributed by atoms with Gasteiger partial charge in [-0.05, 0) is 30.5 Å². The second kappa shape index (κ2) is 6.13. The molecule has 0 saturated carbocycles. The van der Waals surface area contributed by atoms with E-state index in [-0.39, 0.29) is 0 Å². The smallest absolute Gasteiger partial charge is 0.126 e. The maximum Gasteiger partial charge on any atom is 0.126 e. The number of hydrogen-bond donors (Lipinski definition) is 2. The predicted molar refractivity (Wildman–Crippen MR) is 96.9 cm³/mol. The van der Waals surface area contributed by atoms with E-state index in [1.165, 1.54) is 16.3 Å². The first kappa shape index (κ1) is 13.8. The first-order valence-corrected chi connectivity index (χ1v) is 8.04. The molecule has 0 atom stereocenters. The van der Waals surface area contributed by atoms with Gasteiger partial charge in [-0.15, -0.1) is 0 Å². The third-order valence-electron chi connectivity index (χ3n) is 4.18. The Morgan fingerprint density at radius 2 is 1.70 bits per heavy atom. The highest BCUT2D eigenvalue weighted by molar-refractivity contribution is 6.07. The SMILES string of the molecule is c1ccc(CCCNc2cc3c(cn2)[nH]c2ccccc23)cc1. The molecule has 0 spiro atoms. The monoisotopic (exact) mass is 301 g/mol. The molecule has 4 aromatic rings. The zero-order valence-electron chi connectivity index (χ0n) is 12.9. The third-order valence-corrected chi connectivity index (χ3v) is 4.18. The molecule has 0 radical (unpaired) electrons. The number of benzene rings is 2. The van der Waals surface area contributed by atoms with Gasteiger partial charge in [0.1, 0.15) is 5.82 Å². The van der Waals surface area contributed by atoms with Crippen molar-refractivity contribution in [2.45, 2.75) is 12.8 Å². The van der Waals surface area contributed by atoms with E-state index in [2.05, 4.69) is 69.9 Å². The van der Waals surface area contributed by atoms with Crippen LogP contribution < -0.4 is 5.32 Å². The minimum atomic E-state index is 0.926. The van der Waals surface area contributed by atoms with Crippen LogP contribution in [0.3, 0.4) is 0 Å². The summed E-state index contributed by atoms with van der Waals surface area (Å²) in [6, 6.07) is 21.1. The van der Waals surface area contributed by atoms with Crippen LogP contribution in [-0.4, -0.2) is 16.5 Å². The standard InChI is InChI=1S/C20H19N3/c1-2-7-15(8-3-1)9-6-12-21-20-13-17-16-10-4-5-11-18(16)23-19(17)14-22-20/h1-5,7-8,10-11,13-14,23H,6,9,12H2,(H,21,22). The second-order valence-electron chi connectivity index (χ2n) is 5.80. The van der Waals surface area contributed by atoms with Crippen LogP contribution in [0.15, 0.2) is 66.9 Å². The molecule has 0 unspecified atom stereocenters. The molecule has 2 N–H and O–H groups in total. The number of pyridine rings is 1. The summed E-state index contributed by atoms with van der Waals surface area (Å²) in [4.78, 5) is 7.91. The van der Waals surface area contributed by atoms with Crippen LogP contribution in [0.1, 0.15) is 12.0 Å². The molecule has 0 bridgehead atoms. The topological polar surface area (TPSA) is 40.7 Å². The first-order chi connectivity index (χ1) is 11.4. The number of nitrogens with one attached hydrogen (secondary N) is 2. The van der Waals surface area contributed by atoms with Gasteiger partial charge in [0, 0.05) is 22.8 Å². The fourth-order valence-corrected chi connectivity index (χ4v) is 3.00. The lowest BCUT2D eigenvalue weighted by atomic mass is 10.1. The predicted octanol–water partition coefficient (Wildman–Crippen LogP) is 4.76. The van der Waals surface area contributed by atoms with Gasteiger partial charge in [0.25, 0.3) is 0 Å².